The third kappa shape index (κ3) is 194. The summed E-state index contributed by atoms with van der Waals surface area (Å²) in [6, 6.07) is 0. The quantitative estimate of drug-likeness (QED) is 0.593. The average molecular weight is 238 g/mol. The van der Waals surface area contributed by atoms with Crippen LogP contribution >= 0.6 is 0 Å². The minimum Gasteiger partial charge on any atom is -0.450 e. The molecule has 0 aromatic heterocycles. The molecule has 0 saturated carbocycles. The fraction of sp³-hybridized carbons (Fsp3) is 0. The van der Waals surface area contributed by atoms with Gasteiger partial charge in [-0.05, 0) is 0 Å². The smallest absolute Gasteiger partial charge is 0.450 e. The molecule has 0 bridgehead atoms. The fourth-order valence-electron chi connectivity index (χ4n) is 0. The summed E-state index contributed by atoms with van der Waals surface area (Å²) in [6.45, 7) is 0. The number of hydrogen-bond acceptors (Lipinski definition) is 1. The van der Waals surface area contributed by atoms with Crippen LogP contribution in [-0.4, -0.2) is 16.4 Å². The fourth-order valence-corrected chi connectivity index (χ4v) is 0. The van der Waals surface area contributed by atoms with E-state index in [0.717, 1.165) is 0 Å². The second-order valence-electron chi connectivity index (χ2n) is 0.283. The molecule has 0 atom stereocenters. The van der Waals surface area contributed by atoms with Crippen molar-refractivity contribution in [1.29, 1.82) is 0 Å². The largest absolute Gasteiger partial charge is 0.503 e. The maximum absolute atomic E-state index is 8.56. The molecule has 0 aromatic rings. The van der Waals surface area contributed by atoms with Crippen molar-refractivity contribution in [2.45, 2.75) is 0 Å². The molecular weight excluding hydrogens is 236 g/mol. The molecule has 0 aliphatic rings. The van der Waals surface area contributed by atoms with Crippen LogP contribution in [0.25, 0.3) is 0 Å². The average Bonchev–Trinajstić information content (AvgIpc) is 0.811. The van der Waals surface area contributed by atoms with Gasteiger partial charge in [-0.3, -0.25) is 0 Å². The van der Waals surface area contributed by atoms with E-state index in [1.807, 2.05) is 0 Å². The Morgan fingerprint density at radius 1 is 1.29 bits per heavy atom. The van der Waals surface area contributed by atoms with Gasteiger partial charge in [-0.15, -0.1) is 0 Å². The SMILES string of the molecule is O=C(O)O.[Fe].[Mn].[Zn]. The van der Waals surface area contributed by atoms with E-state index in [1.165, 1.54) is 0 Å². The third-order valence-corrected chi connectivity index (χ3v) is 0. The van der Waals surface area contributed by atoms with Crippen molar-refractivity contribution in [3.8, 4) is 0 Å². The van der Waals surface area contributed by atoms with E-state index in [-0.39, 0.29) is 53.6 Å². The molecule has 0 rings (SSSR count). The van der Waals surface area contributed by atoms with Crippen LogP contribution in [0, 0.1) is 0 Å². The van der Waals surface area contributed by atoms with Crippen LogP contribution in [-0.2, 0) is 53.6 Å². The molecule has 7 heavy (non-hydrogen) atoms. The number of carboxylic acid groups (broad SMARTS) is 2. The van der Waals surface area contributed by atoms with Crippen molar-refractivity contribution < 1.29 is 68.6 Å². The topological polar surface area (TPSA) is 57.5 Å². The summed E-state index contributed by atoms with van der Waals surface area (Å²) in [5.74, 6) is 0. The number of carbonyl (C=O) groups is 1. The van der Waals surface area contributed by atoms with Crippen LogP contribution in [0.4, 0.5) is 4.79 Å². The van der Waals surface area contributed by atoms with E-state index in [0.29, 0.717) is 0 Å². The van der Waals surface area contributed by atoms with Gasteiger partial charge in [0.2, 0.25) is 0 Å². The van der Waals surface area contributed by atoms with Crippen molar-refractivity contribution >= 4 is 6.16 Å². The van der Waals surface area contributed by atoms with Crippen molar-refractivity contribution in [3.63, 3.8) is 0 Å². The summed E-state index contributed by atoms with van der Waals surface area (Å²) in [4.78, 5) is 8.56. The molecule has 0 heterocycles. The van der Waals surface area contributed by atoms with Gasteiger partial charge >= 0.3 is 6.16 Å². The first-order valence-electron chi connectivity index (χ1n) is 0.651. The van der Waals surface area contributed by atoms with E-state index in [1.54, 1.807) is 0 Å². The molecule has 0 aromatic carbocycles. The first kappa shape index (κ1) is 24.7. The zero-order chi connectivity index (χ0) is 3.58. The van der Waals surface area contributed by atoms with Gasteiger partial charge in [-0.25, -0.2) is 4.79 Å². The van der Waals surface area contributed by atoms with E-state index < -0.39 is 6.16 Å². The molecule has 0 fully saturated rings. The molecule has 0 saturated heterocycles. The zero-order valence-corrected chi connectivity index (χ0v) is 8.49. The zero-order valence-electron chi connectivity index (χ0n) is 3.24. The van der Waals surface area contributed by atoms with Crippen molar-refractivity contribution in [3.05, 3.63) is 0 Å². The van der Waals surface area contributed by atoms with E-state index in [4.69, 9.17) is 15.0 Å². The molecule has 2 N–H and O–H groups in total. The van der Waals surface area contributed by atoms with E-state index >= 15 is 0 Å². The first-order valence-corrected chi connectivity index (χ1v) is 0.651. The maximum Gasteiger partial charge on any atom is 0.503 e. The summed E-state index contributed by atoms with van der Waals surface area (Å²) in [7, 11) is 0. The maximum atomic E-state index is 8.56. The minimum absolute atomic E-state index is 0. The Kier molecular flexibility index (Phi) is 55.6. The van der Waals surface area contributed by atoms with Gasteiger partial charge in [0.25, 0.3) is 0 Å². The van der Waals surface area contributed by atoms with Crippen LogP contribution in [0.3, 0.4) is 0 Å². The van der Waals surface area contributed by atoms with Gasteiger partial charge in [-0.2, -0.15) is 0 Å². The van der Waals surface area contributed by atoms with Crippen LogP contribution in [0.5, 0.6) is 0 Å². The Labute approximate surface area is 74.6 Å². The molecule has 6 heteroatoms. The van der Waals surface area contributed by atoms with Crippen LogP contribution in [0.1, 0.15) is 0 Å². The number of hydrogen-bond donors (Lipinski definition) is 2. The van der Waals surface area contributed by atoms with Gasteiger partial charge in [0.1, 0.15) is 0 Å². The Bertz CT molecular complexity index is 37.9. The summed E-state index contributed by atoms with van der Waals surface area (Å²) in [5, 5.41) is 13.9. The van der Waals surface area contributed by atoms with Gasteiger partial charge in [0, 0.05) is 53.6 Å². The Morgan fingerprint density at radius 3 is 1.29 bits per heavy atom. The second-order valence-corrected chi connectivity index (χ2v) is 0.283. The summed E-state index contributed by atoms with van der Waals surface area (Å²) in [6.07, 6.45) is -1.83. The Morgan fingerprint density at radius 2 is 1.29 bits per heavy atom. The van der Waals surface area contributed by atoms with Crippen molar-refractivity contribution in [2.24, 2.45) is 0 Å². The van der Waals surface area contributed by atoms with Crippen molar-refractivity contribution in [2.75, 3.05) is 0 Å². The molecule has 0 aliphatic heterocycles. The van der Waals surface area contributed by atoms with E-state index in [2.05, 4.69) is 0 Å². The van der Waals surface area contributed by atoms with Gasteiger partial charge in [0.15, 0.2) is 0 Å². The Balaban J connectivity index is -0.0000000150. The van der Waals surface area contributed by atoms with Crippen LogP contribution in [0.15, 0.2) is 0 Å². The Hall–Kier alpha value is 0.932. The third-order valence-electron chi connectivity index (χ3n) is 0. The normalized spacial score (nSPS) is 3.43. The molecule has 0 amide bonds. The molecule has 1 radical (unpaired) electrons. The molecule has 0 spiro atoms. The van der Waals surface area contributed by atoms with Gasteiger partial charge < -0.3 is 10.2 Å². The second kappa shape index (κ2) is 15.8. The molecular formula is CH2FeMnO3Zn. The predicted molar refractivity (Wildman–Crippen MR) is 10.7 cm³/mol. The molecule has 0 aliphatic carbocycles. The van der Waals surface area contributed by atoms with E-state index in [9.17, 15) is 0 Å². The molecule has 0 unspecified atom stereocenters. The van der Waals surface area contributed by atoms with Gasteiger partial charge in [0.05, 0.1) is 0 Å². The molecule has 3 nitrogen and oxygen atoms in total. The van der Waals surface area contributed by atoms with Crippen LogP contribution < -0.4 is 0 Å². The first-order chi connectivity index (χ1) is 1.73. The number of rotatable bonds is 0. The van der Waals surface area contributed by atoms with Crippen LogP contribution in [0.2, 0.25) is 0 Å². The monoisotopic (exact) mass is 237 g/mol. The van der Waals surface area contributed by atoms with Crippen molar-refractivity contribution in [1.82, 2.24) is 0 Å². The molecule has 41 valence electrons. The summed E-state index contributed by atoms with van der Waals surface area (Å²) >= 11 is 0. The summed E-state index contributed by atoms with van der Waals surface area (Å²) in [5.41, 5.74) is 0. The minimum atomic E-state index is -1.83. The predicted octanol–water partition coefficient (Wildman–Crippen LogP) is 0.215. The summed E-state index contributed by atoms with van der Waals surface area (Å²) < 4.78 is 0. The van der Waals surface area contributed by atoms with Gasteiger partial charge in [-0.1, -0.05) is 0 Å². The standard InChI is InChI=1S/CH2O3.Fe.Mn.Zn/c2-1(3)4;;;/h(H2,2,3,4);;;.